The van der Waals surface area contributed by atoms with Crippen molar-refractivity contribution in [3.63, 3.8) is 0 Å². The minimum absolute atomic E-state index is 0.407. The molecule has 3 N–H and O–H groups in total. The molecule has 21 heavy (non-hydrogen) atoms. The number of anilines is 1. The van der Waals surface area contributed by atoms with Crippen LogP contribution in [0.15, 0.2) is 35.7 Å². The van der Waals surface area contributed by atoms with Crippen molar-refractivity contribution >= 4 is 51.6 Å². The Labute approximate surface area is 137 Å². The van der Waals surface area contributed by atoms with Crippen LogP contribution in [0, 0.1) is 9.39 Å². The highest BCUT2D eigenvalue weighted by Crippen LogP contribution is 2.21. The van der Waals surface area contributed by atoms with Gasteiger partial charge in [0.15, 0.2) is 6.04 Å². The Morgan fingerprint density at radius 1 is 1.33 bits per heavy atom. The highest BCUT2D eigenvalue weighted by Gasteiger charge is 2.23. The van der Waals surface area contributed by atoms with Gasteiger partial charge in [0.1, 0.15) is 5.82 Å². The highest BCUT2D eigenvalue weighted by molar-refractivity contribution is 14.1. The normalized spacial score (nSPS) is 11.7. The van der Waals surface area contributed by atoms with Crippen LogP contribution in [0.25, 0.3) is 0 Å². The van der Waals surface area contributed by atoms with E-state index in [1.165, 1.54) is 29.5 Å². The summed E-state index contributed by atoms with van der Waals surface area (Å²) in [5.74, 6) is -1.56. The van der Waals surface area contributed by atoms with E-state index in [4.69, 9.17) is 5.11 Å². The van der Waals surface area contributed by atoms with Gasteiger partial charge in [-0.1, -0.05) is 6.07 Å². The number of thiophene rings is 1. The zero-order valence-corrected chi connectivity index (χ0v) is 13.4. The predicted octanol–water partition coefficient (Wildman–Crippen LogP) is 3.44. The van der Waals surface area contributed by atoms with Crippen molar-refractivity contribution in [3.05, 3.63) is 50.0 Å². The topological polar surface area (TPSA) is 78.4 Å². The van der Waals surface area contributed by atoms with Gasteiger partial charge in [0.25, 0.3) is 0 Å². The zero-order chi connectivity index (χ0) is 15.4. The molecule has 0 saturated carbocycles. The third-order valence-corrected chi connectivity index (χ3v) is 4.36. The number of carbonyl (C=O) groups excluding carboxylic acids is 1. The van der Waals surface area contributed by atoms with Crippen molar-refractivity contribution in [2.24, 2.45) is 0 Å². The molecule has 2 aromatic rings. The number of urea groups is 1. The van der Waals surface area contributed by atoms with E-state index in [9.17, 15) is 14.0 Å². The first kappa shape index (κ1) is 15.7. The predicted molar refractivity (Wildman–Crippen MR) is 86.0 cm³/mol. The fourth-order valence-corrected chi connectivity index (χ4v) is 2.97. The number of carbonyl (C=O) groups is 2. The van der Waals surface area contributed by atoms with Gasteiger partial charge >= 0.3 is 12.0 Å². The molecule has 1 unspecified atom stereocenters. The number of aliphatic carboxylic acids is 1. The first-order valence-corrected chi connectivity index (χ1v) is 7.72. The molecular formula is C13H10FIN2O3S. The summed E-state index contributed by atoms with van der Waals surface area (Å²) in [7, 11) is 0. The van der Waals surface area contributed by atoms with Gasteiger partial charge in [0, 0.05) is 8.45 Å². The average Bonchev–Trinajstić information content (AvgIpc) is 2.92. The fourth-order valence-electron chi connectivity index (χ4n) is 1.59. The minimum atomic E-state index is -1.15. The van der Waals surface area contributed by atoms with E-state index in [0.717, 1.165) is 0 Å². The van der Waals surface area contributed by atoms with Gasteiger partial charge in [-0.25, -0.2) is 14.0 Å². The number of carboxylic acids is 1. The molecule has 2 rings (SSSR count). The Balaban J connectivity index is 2.08. The van der Waals surface area contributed by atoms with Crippen LogP contribution in [0.3, 0.4) is 0 Å². The van der Waals surface area contributed by atoms with Crippen molar-refractivity contribution in [2.45, 2.75) is 6.04 Å². The smallest absolute Gasteiger partial charge is 0.331 e. The number of nitrogens with one attached hydrogen (secondary N) is 2. The number of rotatable bonds is 4. The summed E-state index contributed by atoms with van der Waals surface area (Å²) in [6.45, 7) is 0. The molecule has 1 atom stereocenters. The molecule has 0 radical (unpaired) electrons. The average molecular weight is 420 g/mol. The van der Waals surface area contributed by atoms with E-state index < -0.39 is 23.9 Å². The van der Waals surface area contributed by atoms with Gasteiger partial charge in [-0.3, -0.25) is 0 Å². The van der Waals surface area contributed by atoms with E-state index >= 15 is 0 Å². The lowest BCUT2D eigenvalue weighted by atomic mass is 10.2. The first-order valence-electron chi connectivity index (χ1n) is 5.76. The molecule has 5 nitrogen and oxygen atoms in total. The van der Waals surface area contributed by atoms with Crippen molar-refractivity contribution in [1.29, 1.82) is 0 Å². The summed E-state index contributed by atoms with van der Waals surface area (Å²) >= 11 is 3.12. The van der Waals surface area contributed by atoms with Crippen LogP contribution in [0.5, 0.6) is 0 Å². The van der Waals surface area contributed by atoms with Gasteiger partial charge in [0.2, 0.25) is 0 Å². The van der Waals surface area contributed by atoms with E-state index in [0.29, 0.717) is 14.1 Å². The number of benzene rings is 1. The van der Waals surface area contributed by atoms with Crippen molar-refractivity contribution in [1.82, 2.24) is 5.32 Å². The molecule has 2 amide bonds. The molecule has 0 bridgehead atoms. The number of halogens is 2. The number of carboxylic acid groups (broad SMARTS) is 1. The Morgan fingerprint density at radius 3 is 2.67 bits per heavy atom. The first-order chi connectivity index (χ1) is 9.97. The molecule has 0 aliphatic heterocycles. The van der Waals surface area contributed by atoms with Crippen molar-refractivity contribution in [3.8, 4) is 0 Å². The molecular weight excluding hydrogens is 410 g/mol. The van der Waals surface area contributed by atoms with Crippen molar-refractivity contribution in [2.75, 3.05) is 5.32 Å². The molecule has 0 saturated heterocycles. The number of hydrogen-bond donors (Lipinski definition) is 3. The van der Waals surface area contributed by atoms with Crippen LogP contribution in [-0.2, 0) is 4.79 Å². The number of amides is 2. The standard InChI is InChI=1S/C13H10FIN2O3S/c14-7-3-4-9(8(15)6-7)16-13(20)17-11(12(18)19)10-2-1-5-21-10/h1-6,11H,(H,18,19)(H2,16,17,20). The molecule has 110 valence electrons. The van der Waals surface area contributed by atoms with Gasteiger partial charge in [0.05, 0.1) is 5.69 Å². The lowest BCUT2D eigenvalue weighted by molar-refractivity contribution is -0.139. The molecule has 1 aromatic heterocycles. The second kappa shape index (κ2) is 6.85. The molecule has 0 fully saturated rings. The van der Waals surface area contributed by atoms with E-state index in [-0.39, 0.29) is 0 Å². The van der Waals surface area contributed by atoms with Gasteiger partial charge < -0.3 is 15.7 Å². The third kappa shape index (κ3) is 4.14. The third-order valence-electron chi connectivity index (χ3n) is 2.53. The monoisotopic (exact) mass is 420 g/mol. The van der Waals surface area contributed by atoms with E-state index in [1.54, 1.807) is 17.5 Å². The maximum atomic E-state index is 13.0. The lowest BCUT2D eigenvalue weighted by Crippen LogP contribution is -2.36. The largest absolute Gasteiger partial charge is 0.479 e. The lowest BCUT2D eigenvalue weighted by Gasteiger charge is -2.14. The number of hydrogen-bond acceptors (Lipinski definition) is 3. The minimum Gasteiger partial charge on any atom is -0.479 e. The Hall–Kier alpha value is -1.68. The molecule has 0 spiro atoms. The van der Waals surface area contributed by atoms with Gasteiger partial charge in [-0.15, -0.1) is 11.3 Å². The second-order valence-corrected chi connectivity index (χ2v) is 6.15. The second-order valence-electron chi connectivity index (χ2n) is 4.01. The molecule has 1 aromatic carbocycles. The maximum Gasteiger partial charge on any atom is 0.331 e. The SMILES string of the molecule is O=C(Nc1ccc(F)cc1I)NC(C(=O)O)c1cccs1. The summed E-state index contributed by atoms with van der Waals surface area (Å²) in [6.07, 6.45) is 0. The Morgan fingerprint density at radius 2 is 2.10 bits per heavy atom. The Bertz CT molecular complexity index is 663. The summed E-state index contributed by atoms with van der Waals surface area (Å²) < 4.78 is 13.5. The van der Waals surface area contributed by atoms with Crippen LogP contribution in [0.4, 0.5) is 14.9 Å². The van der Waals surface area contributed by atoms with Gasteiger partial charge in [-0.2, -0.15) is 0 Å². The van der Waals surface area contributed by atoms with Crippen LogP contribution in [-0.4, -0.2) is 17.1 Å². The molecule has 0 aliphatic rings. The van der Waals surface area contributed by atoms with Crippen LogP contribution >= 0.6 is 33.9 Å². The Kier molecular flexibility index (Phi) is 5.12. The van der Waals surface area contributed by atoms with Crippen LogP contribution in [0.2, 0.25) is 0 Å². The molecule has 0 aliphatic carbocycles. The summed E-state index contributed by atoms with van der Waals surface area (Å²) in [4.78, 5) is 23.6. The quantitative estimate of drug-likeness (QED) is 0.664. The molecule has 1 heterocycles. The van der Waals surface area contributed by atoms with Crippen molar-refractivity contribution < 1.29 is 19.1 Å². The van der Waals surface area contributed by atoms with E-state index in [2.05, 4.69) is 10.6 Å². The molecule has 8 heteroatoms. The van der Waals surface area contributed by atoms with E-state index in [1.807, 2.05) is 22.6 Å². The fraction of sp³-hybridized carbons (Fsp3) is 0.0769. The van der Waals surface area contributed by atoms with Crippen LogP contribution < -0.4 is 10.6 Å². The maximum absolute atomic E-state index is 13.0. The van der Waals surface area contributed by atoms with Crippen LogP contribution in [0.1, 0.15) is 10.9 Å². The summed E-state index contributed by atoms with van der Waals surface area (Å²) in [6, 6.07) is 5.44. The highest BCUT2D eigenvalue weighted by atomic mass is 127. The van der Waals surface area contributed by atoms with Gasteiger partial charge in [-0.05, 0) is 52.2 Å². The zero-order valence-electron chi connectivity index (χ0n) is 10.5. The summed E-state index contributed by atoms with van der Waals surface area (Å²) in [5.41, 5.74) is 0.407. The summed E-state index contributed by atoms with van der Waals surface area (Å²) in [5, 5.41) is 15.8.